The maximum absolute atomic E-state index is 12.0. The Morgan fingerprint density at radius 3 is 2.41 bits per heavy atom. The summed E-state index contributed by atoms with van der Waals surface area (Å²) in [6.45, 7) is 0. The van der Waals surface area contributed by atoms with Crippen LogP contribution < -0.4 is 4.74 Å². The standard InChI is InChI=1S/C17H16ClNO3/c1-19(2)17(21)12-5-6-13(15(18)9-12)14-8-11(10-20)4-7-16(14)22-3/h4-10H,1-3H3. The van der Waals surface area contributed by atoms with Crippen LogP contribution in [0, 0.1) is 0 Å². The molecule has 1 amide bonds. The SMILES string of the molecule is COc1ccc(C=O)cc1-c1ccc(C(=O)N(C)C)cc1Cl. The number of ether oxygens (including phenoxy) is 1. The van der Waals surface area contributed by atoms with Gasteiger partial charge in [-0.05, 0) is 30.3 Å². The number of rotatable bonds is 4. The molecule has 0 aromatic heterocycles. The van der Waals surface area contributed by atoms with Gasteiger partial charge in [-0.1, -0.05) is 17.7 Å². The van der Waals surface area contributed by atoms with Crippen molar-refractivity contribution in [1.82, 2.24) is 4.90 Å². The predicted octanol–water partition coefficient (Wildman–Crippen LogP) is 3.53. The molecule has 2 aromatic carbocycles. The van der Waals surface area contributed by atoms with Crippen molar-refractivity contribution in [3.63, 3.8) is 0 Å². The van der Waals surface area contributed by atoms with Crippen LogP contribution in [0.25, 0.3) is 11.1 Å². The quantitative estimate of drug-likeness (QED) is 0.810. The summed E-state index contributed by atoms with van der Waals surface area (Å²) in [4.78, 5) is 24.4. The molecule has 4 nitrogen and oxygen atoms in total. The lowest BCUT2D eigenvalue weighted by Gasteiger charge is -2.14. The second kappa shape index (κ2) is 6.62. The van der Waals surface area contributed by atoms with E-state index in [1.807, 2.05) is 0 Å². The van der Waals surface area contributed by atoms with Gasteiger partial charge in [0.1, 0.15) is 12.0 Å². The van der Waals surface area contributed by atoms with E-state index in [0.29, 0.717) is 33.0 Å². The number of nitrogens with zero attached hydrogens (tertiary/aromatic N) is 1. The molecule has 0 atom stereocenters. The van der Waals surface area contributed by atoms with E-state index in [-0.39, 0.29) is 5.91 Å². The van der Waals surface area contributed by atoms with Gasteiger partial charge in [0.05, 0.1) is 7.11 Å². The largest absolute Gasteiger partial charge is 0.496 e. The predicted molar refractivity (Wildman–Crippen MR) is 86.8 cm³/mol. The van der Waals surface area contributed by atoms with Crippen molar-refractivity contribution in [3.05, 3.63) is 52.5 Å². The van der Waals surface area contributed by atoms with E-state index in [0.717, 1.165) is 6.29 Å². The Morgan fingerprint density at radius 1 is 1.14 bits per heavy atom. The van der Waals surface area contributed by atoms with E-state index in [1.165, 1.54) is 4.90 Å². The number of carbonyl (C=O) groups is 2. The molecule has 114 valence electrons. The van der Waals surface area contributed by atoms with Gasteiger partial charge in [0, 0.05) is 41.4 Å². The highest BCUT2D eigenvalue weighted by Crippen LogP contribution is 2.36. The molecule has 0 heterocycles. The molecule has 0 N–H and O–H groups in total. The smallest absolute Gasteiger partial charge is 0.253 e. The monoisotopic (exact) mass is 317 g/mol. The van der Waals surface area contributed by atoms with E-state index in [4.69, 9.17) is 16.3 Å². The zero-order valence-electron chi connectivity index (χ0n) is 12.6. The molecule has 0 fully saturated rings. The minimum atomic E-state index is -0.123. The lowest BCUT2D eigenvalue weighted by molar-refractivity contribution is 0.0827. The molecule has 0 unspecified atom stereocenters. The first kappa shape index (κ1) is 16.0. The molecule has 0 radical (unpaired) electrons. The Kier molecular flexibility index (Phi) is 4.83. The molecular weight excluding hydrogens is 302 g/mol. The molecular formula is C17H16ClNO3. The molecule has 2 rings (SSSR count). The first-order chi connectivity index (χ1) is 10.5. The van der Waals surface area contributed by atoms with Crippen molar-refractivity contribution in [1.29, 1.82) is 0 Å². The van der Waals surface area contributed by atoms with Crippen LogP contribution in [0.4, 0.5) is 0 Å². The fourth-order valence-corrected chi connectivity index (χ4v) is 2.42. The van der Waals surface area contributed by atoms with Crippen LogP contribution in [-0.4, -0.2) is 38.3 Å². The molecule has 0 aliphatic heterocycles. The minimum Gasteiger partial charge on any atom is -0.496 e. The summed E-state index contributed by atoms with van der Waals surface area (Å²) in [5.41, 5.74) is 2.45. The van der Waals surface area contributed by atoms with Gasteiger partial charge in [0.15, 0.2) is 0 Å². The van der Waals surface area contributed by atoms with Gasteiger partial charge in [-0.3, -0.25) is 9.59 Å². The lowest BCUT2D eigenvalue weighted by Crippen LogP contribution is -2.21. The molecule has 0 saturated heterocycles. The zero-order valence-corrected chi connectivity index (χ0v) is 13.3. The first-order valence-electron chi connectivity index (χ1n) is 6.62. The maximum Gasteiger partial charge on any atom is 0.253 e. The second-order valence-corrected chi connectivity index (χ2v) is 5.38. The van der Waals surface area contributed by atoms with E-state index < -0.39 is 0 Å². The molecule has 0 saturated carbocycles. The summed E-state index contributed by atoms with van der Waals surface area (Å²) < 4.78 is 5.32. The highest BCUT2D eigenvalue weighted by atomic mass is 35.5. The summed E-state index contributed by atoms with van der Waals surface area (Å²) in [6.07, 6.45) is 0.765. The van der Waals surface area contributed by atoms with Gasteiger partial charge in [-0.15, -0.1) is 0 Å². The number of hydrogen-bond acceptors (Lipinski definition) is 3. The topological polar surface area (TPSA) is 46.6 Å². The van der Waals surface area contributed by atoms with E-state index in [2.05, 4.69) is 0 Å². The Balaban J connectivity index is 2.54. The first-order valence-corrected chi connectivity index (χ1v) is 7.00. The van der Waals surface area contributed by atoms with Gasteiger partial charge in [-0.2, -0.15) is 0 Å². The van der Waals surface area contributed by atoms with Crippen LogP contribution >= 0.6 is 11.6 Å². The second-order valence-electron chi connectivity index (χ2n) is 4.97. The maximum atomic E-state index is 12.0. The summed E-state index contributed by atoms with van der Waals surface area (Å²) in [7, 11) is 4.92. The number of amides is 1. The Morgan fingerprint density at radius 2 is 1.86 bits per heavy atom. The number of methoxy groups -OCH3 is 1. The van der Waals surface area contributed by atoms with E-state index in [9.17, 15) is 9.59 Å². The normalized spacial score (nSPS) is 10.2. The van der Waals surface area contributed by atoms with Crippen molar-refractivity contribution < 1.29 is 14.3 Å². The van der Waals surface area contributed by atoms with E-state index >= 15 is 0 Å². The zero-order chi connectivity index (χ0) is 16.3. The van der Waals surface area contributed by atoms with Gasteiger partial charge in [0.25, 0.3) is 5.91 Å². The molecule has 0 aliphatic carbocycles. The van der Waals surface area contributed by atoms with Gasteiger partial charge >= 0.3 is 0 Å². The molecule has 5 heteroatoms. The molecule has 0 bridgehead atoms. The average molecular weight is 318 g/mol. The third kappa shape index (κ3) is 3.12. The van der Waals surface area contributed by atoms with Crippen LogP contribution in [0.5, 0.6) is 5.75 Å². The van der Waals surface area contributed by atoms with Gasteiger partial charge in [-0.25, -0.2) is 0 Å². The number of benzene rings is 2. The number of carbonyl (C=O) groups excluding carboxylic acids is 2. The molecule has 22 heavy (non-hydrogen) atoms. The lowest BCUT2D eigenvalue weighted by atomic mass is 10.0. The highest BCUT2D eigenvalue weighted by Gasteiger charge is 2.14. The minimum absolute atomic E-state index is 0.123. The average Bonchev–Trinajstić information content (AvgIpc) is 2.53. The Labute approximate surface area is 134 Å². The highest BCUT2D eigenvalue weighted by molar-refractivity contribution is 6.33. The third-order valence-corrected chi connectivity index (χ3v) is 3.58. The fourth-order valence-electron chi connectivity index (χ4n) is 2.13. The van der Waals surface area contributed by atoms with Crippen LogP contribution in [0.2, 0.25) is 5.02 Å². The fraction of sp³-hybridized carbons (Fsp3) is 0.176. The van der Waals surface area contributed by atoms with Crippen LogP contribution in [0.15, 0.2) is 36.4 Å². The number of aldehydes is 1. The molecule has 0 aliphatic rings. The van der Waals surface area contributed by atoms with Crippen molar-refractivity contribution in [2.24, 2.45) is 0 Å². The summed E-state index contributed by atoms with van der Waals surface area (Å²) in [5.74, 6) is 0.487. The molecule has 2 aromatic rings. The van der Waals surface area contributed by atoms with Crippen LogP contribution in [-0.2, 0) is 0 Å². The van der Waals surface area contributed by atoms with Gasteiger partial charge < -0.3 is 9.64 Å². The van der Waals surface area contributed by atoms with E-state index in [1.54, 1.807) is 57.6 Å². The van der Waals surface area contributed by atoms with Crippen molar-refractivity contribution in [2.45, 2.75) is 0 Å². The summed E-state index contributed by atoms with van der Waals surface area (Å²) >= 11 is 6.32. The summed E-state index contributed by atoms with van der Waals surface area (Å²) in [6, 6.07) is 10.2. The van der Waals surface area contributed by atoms with Crippen molar-refractivity contribution in [2.75, 3.05) is 21.2 Å². The van der Waals surface area contributed by atoms with Crippen LogP contribution in [0.1, 0.15) is 20.7 Å². The van der Waals surface area contributed by atoms with Crippen molar-refractivity contribution in [3.8, 4) is 16.9 Å². The van der Waals surface area contributed by atoms with Crippen molar-refractivity contribution >= 4 is 23.8 Å². The third-order valence-electron chi connectivity index (χ3n) is 3.27. The summed E-state index contributed by atoms with van der Waals surface area (Å²) in [5, 5.41) is 0.425. The Bertz CT molecular complexity index is 726. The number of halogens is 1. The molecule has 0 spiro atoms. The van der Waals surface area contributed by atoms with Crippen LogP contribution in [0.3, 0.4) is 0 Å². The Hall–Kier alpha value is -2.33. The van der Waals surface area contributed by atoms with Gasteiger partial charge in [0.2, 0.25) is 0 Å². The number of hydrogen-bond donors (Lipinski definition) is 0.